The normalized spacial score (nSPS) is 11.3. The van der Waals surface area contributed by atoms with Crippen LogP contribution < -0.4 is 11.5 Å². The Labute approximate surface area is 109 Å². The Morgan fingerprint density at radius 1 is 1.28 bits per heavy atom. The van der Waals surface area contributed by atoms with Crippen LogP contribution in [0.4, 0.5) is 23.0 Å². The van der Waals surface area contributed by atoms with Crippen LogP contribution in [0.3, 0.4) is 0 Å². The lowest BCUT2D eigenvalue weighted by molar-refractivity contribution is 0.783. The van der Waals surface area contributed by atoms with Crippen molar-refractivity contribution >= 4 is 34.6 Å². The lowest BCUT2D eigenvalue weighted by Crippen LogP contribution is -1.97. The molecular formula is C11H13ClN6. The smallest absolute Gasteiger partial charge is 0.175 e. The lowest BCUT2D eigenvalue weighted by Gasteiger charge is -2.00. The molecule has 0 aliphatic carbocycles. The quantitative estimate of drug-likeness (QED) is 0.816. The fourth-order valence-corrected chi connectivity index (χ4v) is 1.63. The SMILES string of the molecule is Cc1c(Cl)cccc1N=Nc1c(N)nn(C)c1N. The third kappa shape index (κ3) is 2.14. The maximum Gasteiger partial charge on any atom is 0.175 e. The van der Waals surface area contributed by atoms with E-state index < -0.39 is 0 Å². The topological polar surface area (TPSA) is 94.6 Å². The van der Waals surface area contributed by atoms with E-state index in [2.05, 4.69) is 15.3 Å². The number of rotatable bonds is 2. The summed E-state index contributed by atoms with van der Waals surface area (Å²) in [6.45, 7) is 1.87. The maximum atomic E-state index is 5.99. The molecule has 0 saturated heterocycles. The van der Waals surface area contributed by atoms with Crippen molar-refractivity contribution in [2.24, 2.45) is 17.3 Å². The fourth-order valence-electron chi connectivity index (χ4n) is 1.46. The highest BCUT2D eigenvalue weighted by atomic mass is 35.5. The van der Waals surface area contributed by atoms with E-state index >= 15 is 0 Å². The Balaban J connectivity index is 2.39. The number of hydrogen-bond donors (Lipinski definition) is 2. The van der Waals surface area contributed by atoms with Crippen molar-refractivity contribution in [2.45, 2.75) is 6.92 Å². The number of halogens is 1. The molecule has 2 aromatic rings. The lowest BCUT2D eigenvalue weighted by atomic mass is 10.2. The number of nitrogens with two attached hydrogens (primary N) is 2. The first-order valence-corrected chi connectivity index (χ1v) is 5.63. The fraction of sp³-hybridized carbons (Fsp3) is 0.182. The molecule has 0 unspecified atom stereocenters. The summed E-state index contributed by atoms with van der Waals surface area (Å²) in [5.74, 6) is 0.620. The predicted molar refractivity (Wildman–Crippen MR) is 72.4 cm³/mol. The predicted octanol–water partition coefficient (Wildman–Crippen LogP) is 2.96. The number of hydrogen-bond acceptors (Lipinski definition) is 5. The third-order valence-corrected chi connectivity index (χ3v) is 3.00. The van der Waals surface area contributed by atoms with E-state index in [1.54, 1.807) is 19.2 Å². The molecule has 0 saturated carbocycles. The molecule has 0 spiro atoms. The number of aryl methyl sites for hydroxylation is 1. The number of azo groups is 1. The van der Waals surface area contributed by atoms with E-state index in [1.165, 1.54) is 4.68 Å². The number of aromatic nitrogens is 2. The van der Waals surface area contributed by atoms with Crippen molar-refractivity contribution in [1.82, 2.24) is 9.78 Å². The third-order valence-electron chi connectivity index (χ3n) is 2.59. The summed E-state index contributed by atoms with van der Waals surface area (Å²) in [7, 11) is 1.69. The summed E-state index contributed by atoms with van der Waals surface area (Å²) in [6, 6.07) is 5.41. The largest absolute Gasteiger partial charge is 0.382 e. The van der Waals surface area contributed by atoms with Crippen LogP contribution in [0.2, 0.25) is 5.02 Å². The number of nitrogen functional groups attached to an aromatic ring is 2. The second kappa shape index (κ2) is 4.66. The van der Waals surface area contributed by atoms with Crippen molar-refractivity contribution in [1.29, 1.82) is 0 Å². The van der Waals surface area contributed by atoms with Gasteiger partial charge in [0.15, 0.2) is 17.3 Å². The molecule has 18 heavy (non-hydrogen) atoms. The molecule has 0 radical (unpaired) electrons. The van der Waals surface area contributed by atoms with Gasteiger partial charge in [-0.3, -0.25) is 0 Å². The Kier molecular flexibility index (Phi) is 3.20. The van der Waals surface area contributed by atoms with E-state index in [-0.39, 0.29) is 5.82 Å². The first-order chi connectivity index (χ1) is 8.50. The van der Waals surface area contributed by atoms with Crippen LogP contribution in [-0.4, -0.2) is 9.78 Å². The van der Waals surface area contributed by atoms with Crippen LogP contribution >= 0.6 is 11.6 Å². The summed E-state index contributed by atoms with van der Waals surface area (Å²) in [5, 5.41) is 12.7. The van der Waals surface area contributed by atoms with Gasteiger partial charge in [0.2, 0.25) is 0 Å². The van der Waals surface area contributed by atoms with Gasteiger partial charge in [0.05, 0.1) is 5.69 Å². The number of nitrogens with zero attached hydrogens (tertiary/aromatic N) is 4. The summed E-state index contributed by atoms with van der Waals surface area (Å²) in [5.41, 5.74) is 13.4. The van der Waals surface area contributed by atoms with Crippen LogP contribution in [-0.2, 0) is 7.05 Å². The van der Waals surface area contributed by atoms with Crippen LogP contribution in [0.15, 0.2) is 28.4 Å². The van der Waals surface area contributed by atoms with E-state index in [0.29, 0.717) is 22.2 Å². The van der Waals surface area contributed by atoms with Crippen LogP contribution in [0, 0.1) is 6.92 Å². The summed E-state index contributed by atoms with van der Waals surface area (Å²) in [6.07, 6.45) is 0. The van der Waals surface area contributed by atoms with Crippen molar-refractivity contribution in [3.63, 3.8) is 0 Å². The van der Waals surface area contributed by atoms with Gasteiger partial charge in [-0.15, -0.1) is 10.2 Å². The average molecular weight is 265 g/mol. The highest BCUT2D eigenvalue weighted by molar-refractivity contribution is 6.31. The second-order valence-corrected chi connectivity index (χ2v) is 4.23. The Morgan fingerprint density at radius 2 is 2.00 bits per heavy atom. The zero-order valence-corrected chi connectivity index (χ0v) is 10.8. The molecule has 4 N–H and O–H groups in total. The molecular weight excluding hydrogens is 252 g/mol. The molecule has 1 heterocycles. The van der Waals surface area contributed by atoms with Gasteiger partial charge in [0.25, 0.3) is 0 Å². The monoisotopic (exact) mass is 264 g/mol. The summed E-state index contributed by atoms with van der Waals surface area (Å²) < 4.78 is 1.45. The molecule has 0 aliphatic rings. The van der Waals surface area contributed by atoms with Gasteiger partial charge in [-0.05, 0) is 24.6 Å². The molecule has 0 fully saturated rings. The van der Waals surface area contributed by atoms with Gasteiger partial charge < -0.3 is 11.5 Å². The molecule has 6 nitrogen and oxygen atoms in total. The minimum absolute atomic E-state index is 0.249. The minimum atomic E-state index is 0.249. The molecule has 0 atom stereocenters. The molecule has 0 aliphatic heterocycles. The van der Waals surface area contributed by atoms with Crippen molar-refractivity contribution < 1.29 is 0 Å². The summed E-state index contributed by atoms with van der Waals surface area (Å²) >= 11 is 5.99. The molecule has 1 aromatic heterocycles. The van der Waals surface area contributed by atoms with Gasteiger partial charge in [0, 0.05) is 12.1 Å². The van der Waals surface area contributed by atoms with Gasteiger partial charge in [0.1, 0.15) is 0 Å². The van der Waals surface area contributed by atoms with E-state index in [9.17, 15) is 0 Å². The molecule has 1 aromatic carbocycles. The number of anilines is 2. The Bertz CT molecular complexity index is 616. The number of benzene rings is 1. The zero-order valence-electron chi connectivity index (χ0n) is 10.1. The van der Waals surface area contributed by atoms with Gasteiger partial charge in [-0.25, -0.2) is 4.68 Å². The highest BCUT2D eigenvalue weighted by Gasteiger charge is 2.10. The Morgan fingerprint density at radius 3 is 2.61 bits per heavy atom. The van der Waals surface area contributed by atoms with Crippen LogP contribution in [0.1, 0.15) is 5.56 Å². The van der Waals surface area contributed by atoms with E-state index in [4.69, 9.17) is 23.1 Å². The van der Waals surface area contributed by atoms with Crippen molar-refractivity contribution in [2.75, 3.05) is 11.5 Å². The van der Waals surface area contributed by atoms with Gasteiger partial charge in [-0.1, -0.05) is 17.7 Å². The molecule has 0 bridgehead atoms. The molecule has 7 heteroatoms. The molecule has 2 rings (SSSR count). The highest BCUT2D eigenvalue weighted by Crippen LogP contribution is 2.32. The zero-order chi connectivity index (χ0) is 13.3. The first-order valence-electron chi connectivity index (χ1n) is 5.25. The average Bonchev–Trinajstić information content (AvgIpc) is 2.56. The maximum absolute atomic E-state index is 5.99. The van der Waals surface area contributed by atoms with Crippen molar-refractivity contribution in [3.05, 3.63) is 28.8 Å². The van der Waals surface area contributed by atoms with Crippen LogP contribution in [0.5, 0.6) is 0 Å². The minimum Gasteiger partial charge on any atom is -0.382 e. The molecule has 94 valence electrons. The van der Waals surface area contributed by atoms with Gasteiger partial charge in [-0.2, -0.15) is 5.10 Å². The van der Waals surface area contributed by atoms with Gasteiger partial charge >= 0.3 is 0 Å². The van der Waals surface area contributed by atoms with E-state index in [1.807, 2.05) is 13.0 Å². The first kappa shape index (κ1) is 12.4. The van der Waals surface area contributed by atoms with Crippen molar-refractivity contribution in [3.8, 4) is 0 Å². The van der Waals surface area contributed by atoms with E-state index in [0.717, 1.165) is 5.56 Å². The summed E-state index contributed by atoms with van der Waals surface area (Å²) in [4.78, 5) is 0. The Hall–Kier alpha value is -2.08. The second-order valence-electron chi connectivity index (χ2n) is 3.83. The van der Waals surface area contributed by atoms with Crippen LogP contribution in [0.25, 0.3) is 0 Å². The standard InChI is InChI=1S/C11H13ClN6/c1-6-7(12)4-3-5-8(6)15-16-9-10(13)17-18(2)11(9)14/h3-5H,14H2,1-2H3,(H2,13,17). The molecule has 0 amide bonds.